The Morgan fingerprint density at radius 1 is 0.462 bits per heavy atom. The maximum atomic E-state index is 6.46. The van der Waals surface area contributed by atoms with Gasteiger partial charge in [0.2, 0.25) is 0 Å². The number of rotatable bonds is 5. The van der Waals surface area contributed by atoms with E-state index in [1.165, 1.54) is 25.7 Å². The molecule has 0 bridgehead atoms. The molecule has 5 nitrogen and oxygen atoms in total. The van der Waals surface area contributed by atoms with Gasteiger partial charge in [-0.3, -0.25) is 0 Å². The first kappa shape index (κ1) is 29.1. The summed E-state index contributed by atoms with van der Waals surface area (Å²) in [5.74, 6) is 1.87. The van der Waals surface area contributed by atoms with Gasteiger partial charge in [-0.2, -0.15) is 0 Å². The Kier molecular flexibility index (Phi) is 6.42. The summed E-state index contributed by atoms with van der Waals surface area (Å²) in [6, 6.07) is 52.4. The molecular weight excluding hydrogens is 659 g/mol. The highest BCUT2D eigenvalue weighted by Crippen LogP contribution is 2.42. The van der Waals surface area contributed by atoms with Gasteiger partial charge in [0.15, 0.2) is 11.6 Å². The minimum absolute atomic E-state index is 0.494. The molecule has 52 heavy (non-hydrogen) atoms. The Labute approximate surface area is 301 Å². The predicted octanol–water partition coefficient (Wildman–Crippen LogP) is 12.6. The topological polar surface area (TPSA) is 65.0 Å². The van der Waals surface area contributed by atoms with Crippen molar-refractivity contribution in [1.29, 1.82) is 0 Å². The van der Waals surface area contributed by atoms with Gasteiger partial charge in [-0.25, -0.2) is 15.0 Å². The molecule has 0 radical (unpaired) electrons. The monoisotopic (exact) mass is 685 g/mol. The standard InChI is InChI=1S/C46H27N3O2S/c1-2-11-27(12-3-1)45-47-41(48-46(49-45)35-19-10-17-33-31-14-4-6-20-37(31)51-43(33)35)26-29-13-8-21-39-42(29)36-25-28(23-24-38(36)50-39)30-16-9-18-34-32-15-5-7-22-40(32)52-44(30)34/h1-25H,26H2. The molecule has 0 amide bonds. The normalized spacial score (nSPS) is 11.9. The van der Waals surface area contributed by atoms with E-state index in [1.807, 2.05) is 84.1 Å². The Morgan fingerprint density at radius 2 is 1.17 bits per heavy atom. The fourth-order valence-corrected chi connectivity index (χ4v) is 8.86. The van der Waals surface area contributed by atoms with Crippen LogP contribution in [-0.2, 0) is 6.42 Å². The Hall–Kier alpha value is -6.63. The van der Waals surface area contributed by atoms with E-state index in [0.717, 1.165) is 66.1 Å². The fraction of sp³-hybridized carbons (Fsp3) is 0.0217. The third-order valence-electron chi connectivity index (χ3n) is 10.0. The lowest BCUT2D eigenvalue weighted by Gasteiger charge is -2.09. The molecule has 0 unspecified atom stereocenters. The van der Waals surface area contributed by atoms with Crippen molar-refractivity contribution in [3.05, 3.63) is 163 Å². The Morgan fingerprint density at radius 3 is 2.10 bits per heavy atom. The van der Waals surface area contributed by atoms with Gasteiger partial charge in [-0.05, 0) is 53.1 Å². The number of hydrogen-bond acceptors (Lipinski definition) is 6. The molecule has 0 aliphatic carbocycles. The number of aromatic nitrogens is 3. The molecule has 11 aromatic rings. The maximum absolute atomic E-state index is 6.46. The highest BCUT2D eigenvalue weighted by atomic mass is 32.1. The Bertz CT molecular complexity index is 3170. The van der Waals surface area contributed by atoms with Crippen LogP contribution in [0, 0.1) is 0 Å². The van der Waals surface area contributed by atoms with Crippen LogP contribution in [0.1, 0.15) is 11.4 Å². The lowest BCUT2D eigenvalue weighted by molar-refractivity contribution is 0.668. The number of thiophene rings is 1. The van der Waals surface area contributed by atoms with Gasteiger partial charge in [0, 0.05) is 53.7 Å². The maximum Gasteiger partial charge on any atom is 0.167 e. The summed E-state index contributed by atoms with van der Waals surface area (Å²) in [6.45, 7) is 0. The molecule has 0 N–H and O–H groups in total. The van der Waals surface area contributed by atoms with Crippen LogP contribution in [0.2, 0.25) is 0 Å². The zero-order valence-corrected chi connectivity index (χ0v) is 28.5. The highest BCUT2D eigenvalue weighted by molar-refractivity contribution is 7.26. The van der Waals surface area contributed by atoms with Crippen molar-refractivity contribution in [3.63, 3.8) is 0 Å². The van der Waals surface area contributed by atoms with Crippen LogP contribution in [-0.4, -0.2) is 15.0 Å². The minimum Gasteiger partial charge on any atom is -0.456 e. The molecule has 0 aliphatic rings. The van der Waals surface area contributed by atoms with Gasteiger partial charge in [-0.1, -0.05) is 115 Å². The van der Waals surface area contributed by atoms with E-state index >= 15 is 0 Å². The molecule has 4 heterocycles. The van der Waals surface area contributed by atoms with Gasteiger partial charge in [0.25, 0.3) is 0 Å². The van der Waals surface area contributed by atoms with Crippen LogP contribution in [0.25, 0.3) is 98.0 Å². The molecule has 11 rings (SSSR count). The first-order valence-electron chi connectivity index (χ1n) is 17.3. The molecule has 7 aromatic carbocycles. The first-order chi connectivity index (χ1) is 25.7. The van der Waals surface area contributed by atoms with Crippen LogP contribution < -0.4 is 0 Å². The molecule has 0 saturated carbocycles. The van der Waals surface area contributed by atoms with Crippen molar-refractivity contribution in [3.8, 4) is 33.9 Å². The molecule has 4 aromatic heterocycles. The van der Waals surface area contributed by atoms with Crippen LogP contribution in [0.3, 0.4) is 0 Å². The summed E-state index contributed by atoms with van der Waals surface area (Å²) < 4.78 is 15.5. The number of hydrogen-bond donors (Lipinski definition) is 0. The van der Waals surface area contributed by atoms with Crippen molar-refractivity contribution in [2.75, 3.05) is 0 Å². The highest BCUT2D eigenvalue weighted by Gasteiger charge is 2.19. The van der Waals surface area contributed by atoms with E-state index < -0.39 is 0 Å². The summed E-state index contributed by atoms with van der Waals surface area (Å²) in [5, 5.41) is 6.83. The predicted molar refractivity (Wildman–Crippen MR) is 213 cm³/mol. The second-order valence-electron chi connectivity index (χ2n) is 13.1. The van der Waals surface area contributed by atoms with E-state index in [2.05, 4.69) is 78.9 Å². The van der Waals surface area contributed by atoms with Gasteiger partial charge >= 0.3 is 0 Å². The molecule has 0 atom stereocenters. The van der Waals surface area contributed by atoms with Crippen LogP contribution in [0.15, 0.2) is 160 Å². The zero-order chi connectivity index (χ0) is 34.2. The molecule has 244 valence electrons. The van der Waals surface area contributed by atoms with E-state index in [-0.39, 0.29) is 0 Å². The molecule has 0 saturated heterocycles. The second kappa shape index (κ2) is 11.5. The summed E-state index contributed by atoms with van der Waals surface area (Å²) in [6.07, 6.45) is 0.494. The van der Waals surface area contributed by atoms with E-state index in [4.69, 9.17) is 23.8 Å². The van der Waals surface area contributed by atoms with Gasteiger partial charge in [0.05, 0.1) is 5.56 Å². The number of nitrogens with zero attached hydrogens (tertiary/aromatic N) is 3. The number of furan rings is 2. The van der Waals surface area contributed by atoms with Crippen LogP contribution in [0.4, 0.5) is 0 Å². The first-order valence-corrected chi connectivity index (χ1v) is 18.1. The molecule has 6 heteroatoms. The molecule has 0 spiro atoms. The summed E-state index contributed by atoms with van der Waals surface area (Å²) in [5.41, 5.74) is 8.54. The average molecular weight is 686 g/mol. The lowest BCUT2D eigenvalue weighted by atomic mass is 9.98. The lowest BCUT2D eigenvalue weighted by Crippen LogP contribution is -2.04. The minimum atomic E-state index is 0.494. The zero-order valence-electron chi connectivity index (χ0n) is 27.7. The second-order valence-corrected chi connectivity index (χ2v) is 14.2. The average Bonchev–Trinajstić information content (AvgIpc) is 3.89. The van der Waals surface area contributed by atoms with Crippen molar-refractivity contribution in [2.24, 2.45) is 0 Å². The number of para-hydroxylation sites is 2. The SMILES string of the molecule is c1ccc(-c2nc(Cc3cccc4oc5ccc(-c6cccc7c6sc6ccccc67)cc5c34)nc(-c3cccc4c3oc3ccccc34)n2)cc1. The van der Waals surface area contributed by atoms with Crippen molar-refractivity contribution in [2.45, 2.75) is 6.42 Å². The summed E-state index contributed by atoms with van der Waals surface area (Å²) in [4.78, 5) is 15.2. The molecule has 0 fully saturated rings. The van der Waals surface area contributed by atoms with Gasteiger partial charge in [-0.15, -0.1) is 11.3 Å². The van der Waals surface area contributed by atoms with E-state index in [0.29, 0.717) is 23.9 Å². The molecular formula is C46H27N3O2S. The van der Waals surface area contributed by atoms with Crippen molar-refractivity contribution >= 4 is 75.4 Å². The van der Waals surface area contributed by atoms with Gasteiger partial charge < -0.3 is 8.83 Å². The van der Waals surface area contributed by atoms with Crippen molar-refractivity contribution < 1.29 is 8.83 Å². The van der Waals surface area contributed by atoms with E-state index in [9.17, 15) is 0 Å². The fourth-order valence-electron chi connectivity index (χ4n) is 7.62. The third kappa shape index (κ3) is 4.58. The largest absolute Gasteiger partial charge is 0.456 e. The number of fused-ring (bicyclic) bond motifs is 9. The summed E-state index contributed by atoms with van der Waals surface area (Å²) in [7, 11) is 0. The smallest absolute Gasteiger partial charge is 0.167 e. The van der Waals surface area contributed by atoms with E-state index in [1.54, 1.807) is 0 Å². The molecule has 0 aliphatic heterocycles. The van der Waals surface area contributed by atoms with Crippen LogP contribution >= 0.6 is 11.3 Å². The quantitative estimate of drug-likeness (QED) is 0.180. The van der Waals surface area contributed by atoms with Gasteiger partial charge in [0.1, 0.15) is 28.2 Å². The van der Waals surface area contributed by atoms with Crippen LogP contribution in [0.5, 0.6) is 0 Å². The van der Waals surface area contributed by atoms with Crippen molar-refractivity contribution in [1.82, 2.24) is 15.0 Å². The number of benzene rings is 7. The summed E-state index contributed by atoms with van der Waals surface area (Å²) >= 11 is 1.85. The third-order valence-corrected chi connectivity index (χ3v) is 11.2. The Balaban J connectivity index is 1.08.